The molecular weight excluding hydrogens is 246 g/mol. The molecule has 2 aromatic carbocycles. The van der Waals surface area contributed by atoms with E-state index in [0.717, 1.165) is 25.7 Å². The predicted octanol–water partition coefficient (Wildman–Crippen LogP) is 3.56. The number of fused-ring (bicyclic) bond motifs is 1. The summed E-state index contributed by atoms with van der Waals surface area (Å²) in [6.07, 6.45) is 6.03. The second kappa shape index (κ2) is 5.91. The number of aromatic hydroxyl groups is 1. The van der Waals surface area contributed by atoms with Crippen LogP contribution in [0.4, 0.5) is 0 Å². The van der Waals surface area contributed by atoms with E-state index in [0.29, 0.717) is 11.8 Å². The fourth-order valence-corrected chi connectivity index (χ4v) is 2.77. The zero-order valence-electron chi connectivity index (χ0n) is 11.5. The average Bonchev–Trinajstić information content (AvgIpc) is 2.48. The molecule has 0 spiro atoms. The van der Waals surface area contributed by atoms with Crippen LogP contribution in [0.15, 0.2) is 53.5 Å². The Bertz CT molecular complexity index is 604. The Labute approximate surface area is 119 Å². The smallest absolute Gasteiger partial charge is 0.115 e. The van der Waals surface area contributed by atoms with Crippen LogP contribution in [-0.4, -0.2) is 17.4 Å². The standard InChI is InChI=1S/C18H19NO/c20-18-9-7-15-6-8-17(12-16(15)13-18)19-11-10-14-4-2-1-3-5-14/h1-5,7,9,11,13,17,20H,6,8,10,12H2. The molecule has 0 radical (unpaired) electrons. The molecule has 0 saturated heterocycles. The van der Waals surface area contributed by atoms with E-state index >= 15 is 0 Å². The highest BCUT2D eigenvalue weighted by Gasteiger charge is 2.17. The second-order valence-electron chi connectivity index (χ2n) is 5.37. The average molecular weight is 265 g/mol. The summed E-state index contributed by atoms with van der Waals surface area (Å²) in [7, 11) is 0. The Balaban J connectivity index is 1.62. The van der Waals surface area contributed by atoms with Gasteiger partial charge in [0.2, 0.25) is 0 Å². The topological polar surface area (TPSA) is 32.6 Å². The van der Waals surface area contributed by atoms with Crippen molar-refractivity contribution in [2.45, 2.75) is 31.7 Å². The van der Waals surface area contributed by atoms with Gasteiger partial charge in [-0.2, -0.15) is 0 Å². The van der Waals surface area contributed by atoms with Gasteiger partial charge < -0.3 is 5.11 Å². The van der Waals surface area contributed by atoms with E-state index in [4.69, 9.17) is 4.99 Å². The van der Waals surface area contributed by atoms with Crippen LogP contribution in [0.25, 0.3) is 0 Å². The summed E-state index contributed by atoms with van der Waals surface area (Å²) in [5.41, 5.74) is 3.90. The van der Waals surface area contributed by atoms with Gasteiger partial charge >= 0.3 is 0 Å². The number of aliphatic imine (C=N–C) groups is 1. The van der Waals surface area contributed by atoms with Crippen molar-refractivity contribution in [3.63, 3.8) is 0 Å². The van der Waals surface area contributed by atoms with Crippen molar-refractivity contribution < 1.29 is 5.11 Å². The van der Waals surface area contributed by atoms with Gasteiger partial charge in [-0.3, -0.25) is 4.99 Å². The molecule has 20 heavy (non-hydrogen) atoms. The van der Waals surface area contributed by atoms with Gasteiger partial charge in [-0.15, -0.1) is 0 Å². The van der Waals surface area contributed by atoms with Gasteiger partial charge in [-0.05, 0) is 48.1 Å². The lowest BCUT2D eigenvalue weighted by molar-refractivity contribution is 0.472. The maximum absolute atomic E-state index is 9.56. The molecule has 1 N–H and O–H groups in total. The third-order valence-corrected chi connectivity index (χ3v) is 3.88. The molecule has 2 aromatic rings. The van der Waals surface area contributed by atoms with E-state index in [1.165, 1.54) is 16.7 Å². The Morgan fingerprint density at radius 1 is 1.10 bits per heavy atom. The van der Waals surface area contributed by atoms with Gasteiger partial charge in [-0.25, -0.2) is 0 Å². The molecular formula is C18H19NO. The minimum Gasteiger partial charge on any atom is -0.508 e. The molecule has 0 aliphatic heterocycles. The molecule has 2 nitrogen and oxygen atoms in total. The van der Waals surface area contributed by atoms with E-state index in [1.54, 1.807) is 6.07 Å². The first-order valence-electron chi connectivity index (χ1n) is 7.17. The van der Waals surface area contributed by atoms with Gasteiger partial charge in [0.05, 0.1) is 6.04 Å². The first kappa shape index (κ1) is 12.9. The van der Waals surface area contributed by atoms with Crippen LogP contribution in [0.1, 0.15) is 23.1 Å². The highest BCUT2D eigenvalue weighted by molar-refractivity contribution is 5.61. The monoisotopic (exact) mass is 265 g/mol. The predicted molar refractivity (Wildman–Crippen MR) is 82.6 cm³/mol. The summed E-state index contributed by atoms with van der Waals surface area (Å²) in [4.78, 5) is 4.70. The Morgan fingerprint density at radius 2 is 1.95 bits per heavy atom. The summed E-state index contributed by atoms with van der Waals surface area (Å²) in [6, 6.07) is 16.4. The van der Waals surface area contributed by atoms with Gasteiger partial charge in [0.15, 0.2) is 0 Å². The zero-order valence-corrected chi connectivity index (χ0v) is 11.5. The lowest BCUT2D eigenvalue weighted by Crippen LogP contribution is -2.17. The summed E-state index contributed by atoms with van der Waals surface area (Å²) in [5.74, 6) is 0.359. The first-order valence-corrected chi connectivity index (χ1v) is 7.17. The van der Waals surface area contributed by atoms with Crippen LogP contribution in [-0.2, 0) is 19.3 Å². The molecule has 1 atom stereocenters. The van der Waals surface area contributed by atoms with Gasteiger partial charge in [0, 0.05) is 12.6 Å². The van der Waals surface area contributed by atoms with Crippen molar-refractivity contribution in [2.75, 3.05) is 0 Å². The maximum Gasteiger partial charge on any atom is 0.115 e. The Hall–Kier alpha value is -2.09. The summed E-state index contributed by atoms with van der Waals surface area (Å²) in [6.45, 7) is 0. The second-order valence-corrected chi connectivity index (χ2v) is 5.37. The molecule has 0 fully saturated rings. The molecule has 0 saturated carbocycles. The van der Waals surface area contributed by atoms with E-state index < -0.39 is 0 Å². The number of hydrogen-bond donors (Lipinski definition) is 1. The van der Waals surface area contributed by atoms with Crippen LogP contribution in [0.5, 0.6) is 5.75 Å². The molecule has 1 aliphatic carbocycles. The van der Waals surface area contributed by atoms with Crippen LogP contribution < -0.4 is 0 Å². The van der Waals surface area contributed by atoms with E-state index in [2.05, 4.69) is 24.3 Å². The largest absolute Gasteiger partial charge is 0.508 e. The minimum atomic E-state index is 0.355. The normalized spacial score (nSPS) is 18.1. The fraction of sp³-hybridized carbons (Fsp3) is 0.278. The van der Waals surface area contributed by atoms with Crippen molar-refractivity contribution in [1.29, 1.82) is 0 Å². The van der Waals surface area contributed by atoms with Crippen molar-refractivity contribution in [3.05, 3.63) is 65.2 Å². The highest BCUT2D eigenvalue weighted by atomic mass is 16.3. The van der Waals surface area contributed by atoms with Crippen molar-refractivity contribution >= 4 is 6.21 Å². The van der Waals surface area contributed by atoms with Crippen LogP contribution in [0, 0.1) is 0 Å². The molecule has 0 bridgehead atoms. The Morgan fingerprint density at radius 3 is 2.80 bits per heavy atom. The van der Waals surface area contributed by atoms with E-state index in [1.807, 2.05) is 24.4 Å². The van der Waals surface area contributed by atoms with Gasteiger partial charge in [0.1, 0.15) is 5.75 Å². The van der Waals surface area contributed by atoms with Gasteiger partial charge in [-0.1, -0.05) is 36.4 Å². The summed E-state index contributed by atoms with van der Waals surface area (Å²) < 4.78 is 0. The lowest BCUT2D eigenvalue weighted by atomic mass is 9.88. The van der Waals surface area contributed by atoms with E-state index in [-0.39, 0.29) is 0 Å². The van der Waals surface area contributed by atoms with Gasteiger partial charge in [0.25, 0.3) is 0 Å². The molecule has 0 aromatic heterocycles. The molecule has 1 unspecified atom stereocenters. The van der Waals surface area contributed by atoms with Crippen LogP contribution >= 0.6 is 0 Å². The third-order valence-electron chi connectivity index (χ3n) is 3.88. The van der Waals surface area contributed by atoms with Crippen molar-refractivity contribution in [2.24, 2.45) is 4.99 Å². The molecule has 2 heteroatoms. The third kappa shape index (κ3) is 3.08. The number of hydrogen-bond acceptors (Lipinski definition) is 2. The van der Waals surface area contributed by atoms with E-state index in [9.17, 15) is 5.11 Å². The minimum absolute atomic E-state index is 0.355. The first-order chi connectivity index (χ1) is 9.81. The number of nitrogens with zero attached hydrogens (tertiary/aromatic N) is 1. The molecule has 0 heterocycles. The fourth-order valence-electron chi connectivity index (χ4n) is 2.77. The number of aryl methyl sites for hydroxylation is 1. The number of phenols is 1. The lowest BCUT2D eigenvalue weighted by Gasteiger charge is -2.21. The van der Waals surface area contributed by atoms with Crippen molar-refractivity contribution in [1.82, 2.24) is 0 Å². The quantitative estimate of drug-likeness (QED) is 0.846. The molecule has 0 amide bonds. The Kier molecular flexibility index (Phi) is 3.82. The zero-order chi connectivity index (χ0) is 13.8. The molecule has 3 rings (SSSR count). The number of phenolic OH excluding ortho intramolecular Hbond substituents is 1. The van der Waals surface area contributed by atoms with Crippen molar-refractivity contribution in [3.8, 4) is 5.75 Å². The number of rotatable bonds is 3. The van der Waals surface area contributed by atoms with Crippen LogP contribution in [0.2, 0.25) is 0 Å². The number of benzene rings is 2. The van der Waals surface area contributed by atoms with Crippen LogP contribution in [0.3, 0.4) is 0 Å². The SMILES string of the molecule is Oc1ccc2c(c1)CC(N=CCc1ccccc1)CC2. The highest BCUT2D eigenvalue weighted by Crippen LogP contribution is 2.26. The molecule has 102 valence electrons. The maximum atomic E-state index is 9.56. The summed E-state index contributed by atoms with van der Waals surface area (Å²) in [5, 5.41) is 9.56. The molecule has 1 aliphatic rings. The summed E-state index contributed by atoms with van der Waals surface area (Å²) >= 11 is 0.